The summed E-state index contributed by atoms with van der Waals surface area (Å²) in [4.78, 5) is 59.7. The van der Waals surface area contributed by atoms with Crippen LogP contribution < -0.4 is 17.0 Å². The van der Waals surface area contributed by atoms with Crippen molar-refractivity contribution in [3.63, 3.8) is 0 Å². The molecule has 4 aromatic heterocycles. The number of aliphatic hydroxyl groups excluding tert-OH is 1. The van der Waals surface area contributed by atoms with E-state index in [9.17, 15) is 33.3 Å². The largest absolute Gasteiger partial charge is 0.472 e. The van der Waals surface area contributed by atoms with E-state index < -0.39 is 83.5 Å². The minimum Gasteiger partial charge on any atom is -0.386 e. The SMILES string of the molecule is Nc1nc2c(ncn2C2OC3COP(=O)(O)OC4C(COP(=O)(O)OC2C3OF)OC(n2cnc3c(N)ncnc32)C4O)c(=O)[nH]1. The molecule has 0 amide bonds. The van der Waals surface area contributed by atoms with E-state index >= 15 is 0 Å². The van der Waals surface area contributed by atoms with Crippen LogP contribution in [0.4, 0.5) is 16.3 Å². The van der Waals surface area contributed by atoms with Crippen LogP contribution in [0.2, 0.25) is 0 Å². The zero-order valence-electron chi connectivity index (χ0n) is 22.7. The molecule has 248 valence electrons. The van der Waals surface area contributed by atoms with Gasteiger partial charge in [0, 0.05) is 0 Å². The Kier molecular flexibility index (Phi) is 7.66. The summed E-state index contributed by atoms with van der Waals surface area (Å²) in [6.07, 6.45) is -9.95. The zero-order valence-corrected chi connectivity index (χ0v) is 24.5. The number of rotatable bonds is 3. The number of aliphatic hydroxyl groups is 1. The number of nitrogens with one attached hydrogen (secondary N) is 1. The van der Waals surface area contributed by atoms with E-state index in [0.717, 1.165) is 17.2 Å². The summed E-state index contributed by atoms with van der Waals surface area (Å²) >= 11 is 0. The van der Waals surface area contributed by atoms with Gasteiger partial charge in [0.2, 0.25) is 5.95 Å². The van der Waals surface area contributed by atoms with Crippen molar-refractivity contribution in [2.45, 2.75) is 49.1 Å². The third-order valence-corrected chi connectivity index (χ3v) is 9.37. The van der Waals surface area contributed by atoms with Gasteiger partial charge >= 0.3 is 15.6 Å². The first-order valence-electron chi connectivity index (χ1n) is 13.1. The second-order valence-corrected chi connectivity index (χ2v) is 13.0. The fourth-order valence-corrected chi connectivity index (χ4v) is 7.28. The maximum atomic E-state index is 14.0. The van der Waals surface area contributed by atoms with Crippen LogP contribution in [0.15, 0.2) is 23.8 Å². The minimum absolute atomic E-state index is 0.0189. The molecule has 7 rings (SSSR count). The fraction of sp³-hybridized carbons (Fsp3) is 0.500. The summed E-state index contributed by atoms with van der Waals surface area (Å²) in [5.74, 6) is -0.304. The predicted molar refractivity (Wildman–Crippen MR) is 143 cm³/mol. The molecule has 3 fully saturated rings. The van der Waals surface area contributed by atoms with Crippen LogP contribution in [0, 0.1) is 0 Å². The summed E-state index contributed by atoms with van der Waals surface area (Å²) in [6.45, 7) is -1.81. The van der Waals surface area contributed by atoms with E-state index in [1.54, 1.807) is 0 Å². The van der Waals surface area contributed by atoms with E-state index in [1.165, 1.54) is 10.9 Å². The van der Waals surface area contributed by atoms with E-state index in [4.69, 9.17) is 39.0 Å². The van der Waals surface area contributed by atoms with Gasteiger partial charge in [-0.1, -0.05) is 0 Å². The van der Waals surface area contributed by atoms with Crippen molar-refractivity contribution >= 4 is 49.7 Å². The first-order chi connectivity index (χ1) is 21.9. The van der Waals surface area contributed by atoms with Crippen molar-refractivity contribution in [1.29, 1.82) is 0 Å². The number of hydrogen-bond acceptors (Lipinski definition) is 18. The summed E-state index contributed by atoms with van der Waals surface area (Å²) < 4.78 is 74.9. The number of H-pyrrole nitrogens is 1. The molecule has 4 aromatic rings. The first kappa shape index (κ1) is 31.1. The molecule has 2 bridgehead atoms. The quantitative estimate of drug-likeness (QED) is 0.134. The van der Waals surface area contributed by atoms with E-state index in [0.29, 0.717) is 0 Å². The molecule has 3 aliphatic rings. The molecule has 0 aliphatic carbocycles. The number of imidazole rings is 2. The molecule has 0 saturated carbocycles. The summed E-state index contributed by atoms with van der Waals surface area (Å²) in [5, 5.41) is 11.1. The van der Waals surface area contributed by atoms with Gasteiger partial charge in [-0.15, -0.1) is 0 Å². The van der Waals surface area contributed by atoms with Crippen LogP contribution in [0.1, 0.15) is 12.5 Å². The first-order valence-corrected chi connectivity index (χ1v) is 16.1. The lowest BCUT2D eigenvalue weighted by molar-refractivity contribution is -0.212. The number of phosphoric ester groups is 2. The lowest BCUT2D eigenvalue weighted by atomic mass is 10.1. The van der Waals surface area contributed by atoms with Gasteiger partial charge in [-0.25, -0.2) is 29.1 Å². The summed E-state index contributed by atoms with van der Waals surface area (Å²) in [5.41, 5.74) is 10.6. The van der Waals surface area contributed by atoms with Crippen LogP contribution in [0.5, 0.6) is 0 Å². The van der Waals surface area contributed by atoms with E-state index in [-0.39, 0.29) is 34.1 Å². The van der Waals surface area contributed by atoms with Gasteiger partial charge in [0.05, 0.1) is 25.9 Å². The summed E-state index contributed by atoms with van der Waals surface area (Å²) in [6, 6.07) is 0. The molecule has 3 aliphatic heterocycles. The second-order valence-electron chi connectivity index (χ2n) is 10.2. The molecule has 8 N–H and O–H groups in total. The van der Waals surface area contributed by atoms with E-state index in [1.807, 2.05) is 0 Å². The number of nitrogen functional groups attached to an aromatic ring is 2. The highest BCUT2D eigenvalue weighted by Gasteiger charge is 2.55. The molecule has 46 heavy (non-hydrogen) atoms. The fourth-order valence-electron chi connectivity index (χ4n) is 5.39. The Morgan fingerprint density at radius 1 is 0.913 bits per heavy atom. The van der Waals surface area contributed by atoms with Crippen molar-refractivity contribution in [3.05, 3.63) is 29.3 Å². The van der Waals surface area contributed by atoms with Gasteiger partial charge in [-0.2, -0.15) is 9.93 Å². The van der Waals surface area contributed by atoms with Gasteiger partial charge in [0.1, 0.15) is 42.4 Å². The van der Waals surface area contributed by atoms with Crippen molar-refractivity contribution in [1.82, 2.24) is 39.0 Å². The maximum absolute atomic E-state index is 14.0. The Hall–Kier alpha value is -3.51. The van der Waals surface area contributed by atoms with Gasteiger partial charge in [-0.3, -0.25) is 37.0 Å². The average molecular weight is 692 g/mol. The molecule has 23 nitrogen and oxygen atoms in total. The van der Waals surface area contributed by atoms with E-state index in [2.05, 4.69) is 34.8 Å². The topological polar surface area (TPSA) is 319 Å². The molecule has 26 heteroatoms. The number of ether oxygens (including phenoxy) is 2. The van der Waals surface area contributed by atoms with Gasteiger partial charge < -0.3 is 35.8 Å². The Morgan fingerprint density at radius 3 is 2.26 bits per heavy atom. The number of hydrogen-bond donors (Lipinski definition) is 6. The normalized spacial score (nSPS) is 37.1. The van der Waals surface area contributed by atoms with Crippen LogP contribution >= 0.6 is 15.6 Å². The highest BCUT2D eigenvalue weighted by atomic mass is 31.2. The van der Waals surface area contributed by atoms with Gasteiger partial charge in [-0.05, 0) is 4.53 Å². The molecule has 3 saturated heterocycles. The highest BCUT2D eigenvalue weighted by molar-refractivity contribution is 7.47. The third-order valence-electron chi connectivity index (χ3n) is 7.40. The summed E-state index contributed by atoms with van der Waals surface area (Å²) in [7, 11) is -10.4. The molecule has 0 radical (unpaired) electrons. The standard InChI is InChI=1S/C20H23FN10O13P2/c21-42-12-7-2-39-45(34,35)43-11-6(40-18(10(11)32)30-4-26-8-14(22)24-3-25-15(8)30)1-38-46(36,37)44-13(12)19(41-7)31-5-27-9-16(31)28-20(23)29-17(9)33/h3-7,10-13,18-19,32H,1-2H2,(H,34,35)(H,36,37)(H2,22,24,25)(H3,23,28,29,33). The molecule has 10 atom stereocenters. The maximum Gasteiger partial charge on any atom is 0.472 e. The molecule has 0 aromatic carbocycles. The van der Waals surface area contributed by atoms with Crippen molar-refractivity contribution in [2.24, 2.45) is 0 Å². The number of aromatic amines is 1. The van der Waals surface area contributed by atoms with Gasteiger partial charge in [0.15, 0.2) is 41.2 Å². The van der Waals surface area contributed by atoms with Crippen LogP contribution in [-0.2, 0) is 41.6 Å². The molecule has 0 spiro atoms. The average Bonchev–Trinajstić information content (AvgIpc) is 3.75. The molecular weight excluding hydrogens is 669 g/mol. The monoisotopic (exact) mass is 692 g/mol. The number of aromatic nitrogens is 8. The number of nitrogens with two attached hydrogens (primary N) is 2. The Labute approximate surface area is 253 Å². The van der Waals surface area contributed by atoms with Gasteiger partial charge in [0.25, 0.3) is 5.56 Å². The minimum atomic E-state index is -5.21. The number of phosphoric acid groups is 2. The smallest absolute Gasteiger partial charge is 0.386 e. The predicted octanol–water partition coefficient (Wildman–Crippen LogP) is -1.43. The van der Waals surface area contributed by atoms with Crippen LogP contribution in [-0.4, -0.2) is 104 Å². The zero-order chi connectivity index (χ0) is 32.5. The van der Waals surface area contributed by atoms with Crippen molar-refractivity contribution < 1.29 is 61.1 Å². The lowest BCUT2D eigenvalue weighted by Crippen LogP contribution is -2.36. The third kappa shape index (κ3) is 5.36. The van der Waals surface area contributed by atoms with Crippen LogP contribution in [0.3, 0.4) is 0 Å². The number of halogens is 1. The number of fused-ring (bicyclic) bond motifs is 5. The van der Waals surface area contributed by atoms with Crippen molar-refractivity contribution in [2.75, 3.05) is 24.7 Å². The Morgan fingerprint density at radius 2 is 1.54 bits per heavy atom. The van der Waals surface area contributed by atoms with Crippen molar-refractivity contribution in [3.8, 4) is 0 Å². The Balaban J connectivity index is 1.22. The lowest BCUT2D eigenvalue weighted by Gasteiger charge is -2.25. The van der Waals surface area contributed by atoms with Crippen LogP contribution in [0.25, 0.3) is 22.3 Å². The number of anilines is 2. The highest BCUT2D eigenvalue weighted by Crippen LogP contribution is 2.54. The second kappa shape index (κ2) is 11.3. The molecule has 7 heterocycles. The Bertz CT molecular complexity index is 1960. The molecular formula is C20H23FN10O13P2. The molecule has 10 unspecified atom stereocenters. The number of nitrogens with zero attached hydrogens (tertiary/aromatic N) is 7.